The van der Waals surface area contributed by atoms with Crippen LogP contribution in [0.1, 0.15) is 40.2 Å². The molecule has 0 fully saturated rings. The molecule has 1 aromatic heterocycles. The van der Waals surface area contributed by atoms with Crippen LogP contribution in [0.25, 0.3) is 0 Å². The van der Waals surface area contributed by atoms with Crippen LogP contribution in [0.3, 0.4) is 0 Å². The van der Waals surface area contributed by atoms with Crippen LogP contribution in [0.2, 0.25) is 0 Å². The summed E-state index contributed by atoms with van der Waals surface area (Å²) >= 11 is 1.45. The van der Waals surface area contributed by atoms with Crippen LogP contribution in [0, 0.1) is 5.92 Å². The van der Waals surface area contributed by atoms with Crippen molar-refractivity contribution in [1.82, 2.24) is 4.90 Å². The lowest BCUT2D eigenvalue weighted by Crippen LogP contribution is -2.29. The number of esters is 1. The summed E-state index contributed by atoms with van der Waals surface area (Å²) in [6.07, 6.45) is 1.36. The monoisotopic (exact) mass is 407 g/mol. The smallest absolute Gasteiger partial charge is 0.309 e. The van der Waals surface area contributed by atoms with Crippen LogP contribution in [0.4, 0.5) is 0 Å². The van der Waals surface area contributed by atoms with Gasteiger partial charge in [-0.2, -0.15) is 0 Å². The van der Waals surface area contributed by atoms with Crippen LogP contribution in [-0.2, 0) is 22.4 Å². The largest absolute Gasteiger partial charge is 0.464 e. The first-order valence-electron chi connectivity index (χ1n) is 9.21. The fraction of sp³-hybridized carbons (Fsp3) is 0.429. The molecule has 1 unspecified atom stereocenters. The highest BCUT2D eigenvalue weighted by Crippen LogP contribution is 2.29. The lowest BCUT2D eigenvalue weighted by atomic mass is 10.0. The Morgan fingerprint density at radius 3 is 2.56 bits per heavy atom. The van der Waals surface area contributed by atoms with Crippen LogP contribution in [0.5, 0.6) is 0 Å². The molecule has 4 nitrogen and oxygen atoms in total. The van der Waals surface area contributed by atoms with Crippen molar-refractivity contribution in [3.8, 4) is 0 Å². The number of hydrogen-bond acceptors (Lipinski definition) is 5. The van der Waals surface area contributed by atoms with Crippen molar-refractivity contribution >= 4 is 35.5 Å². The summed E-state index contributed by atoms with van der Waals surface area (Å²) in [4.78, 5) is 27.9. The minimum absolute atomic E-state index is 0. The molecule has 1 aromatic carbocycles. The van der Waals surface area contributed by atoms with Gasteiger partial charge in [0.1, 0.15) is 6.61 Å². The highest BCUT2D eigenvalue weighted by molar-refractivity contribution is 7.12. The first-order chi connectivity index (χ1) is 12.6. The van der Waals surface area contributed by atoms with Gasteiger partial charge in [-0.1, -0.05) is 32.0 Å². The van der Waals surface area contributed by atoms with E-state index < -0.39 is 0 Å². The molecule has 0 amide bonds. The fourth-order valence-electron chi connectivity index (χ4n) is 3.41. The van der Waals surface area contributed by atoms with E-state index in [2.05, 4.69) is 18.7 Å². The van der Waals surface area contributed by atoms with Gasteiger partial charge in [0, 0.05) is 12.1 Å². The molecule has 0 spiro atoms. The number of fused-ring (bicyclic) bond motifs is 1. The molecule has 1 atom stereocenters. The molecular weight excluding hydrogens is 382 g/mol. The number of halogens is 1. The summed E-state index contributed by atoms with van der Waals surface area (Å²) < 4.78 is 5.48. The Kier molecular flexibility index (Phi) is 8.02. The third kappa shape index (κ3) is 5.18. The van der Waals surface area contributed by atoms with Crippen molar-refractivity contribution in [2.45, 2.75) is 26.7 Å². The Labute approximate surface area is 170 Å². The molecule has 146 valence electrons. The predicted octanol–water partition coefficient (Wildman–Crippen LogP) is 4.00. The summed E-state index contributed by atoms with van der Waals surface area (Å²) in [6.45, 7) is 7.35. The molecule has 6 heteroatoms. The van der Waals surface area contributed by atoms with E-state index in [0.717, 1.165) is 35.6 Å². The van der Waals surface area contributed by atoms with E-state index >= 15 is 0 Å². The molecule has 3 rings (SSSR count). The standard InChI is InChI=1S/C21H25NO3S.ClH/c1-3-22(4-2)9-10-25-21(24)18-12-15-7-8-16(13-17(15)14-18)20(23)19-6-5-11-26-19;/h5-8,11,13,18H,3-4,9-10,12,14H2,1-2H3;1H. The van der Waals surface area contributed by atoms with Gasteiger partial charge in [0.15, 0.2) is 0 Å². The second-order valence-electron chi connectivity index (χ2n) is 6.59. The number of likely N-dealkylation sites (N-methyl/N-ethyl adjacent to an activating group) is 1. The van der Waals surface area contributed by atoms with Gasteiger partial charge >= 0.3 is 5.97 Å². The van der Waals surface area contributed by atoms with Crippen molar-refractivity contribution < 1.29 is 14.3 Å². The van der Waals surface area contributed by atoms with Crippen molar-refractivity contribution in [1.29, 1.82) is 0 Å². The third-order valence-electron chi connectivity index (χ3n) is 5.03. The normalized spacial score (nSPS) is 15.3. The number of hydrogen-bond donors (Lipinski definition) is 0. The molecule has 27 heavy (non-hydrogen) atoms. The zero-order valence-corrected chi connectivity index (χ0v) is 17.4. The topological polar surface area (TPSA) is 46.6 Å². The Morgan fingerprint density at radius 2 is 1.89 bits per heavy atom. The number of ketones is 1. The summed E-state index contributed by atoms with van der Waals surface area (Å²) in [6, 6.07) is 9.53. The molecule has 0 aliphatic heterocycles. The van der Waals surface area contributed by atoms with Gasteiger partial charge < -0.3 is 9.64 Å². The summed E-state index contributed by atoms with van der Waals surface area (Å²) in [5, 5.41) is 1.91. The summed E-state index contributed by atoms with van der Waals surface area (Å²) in [5.41, 5.74) is 2.94. The van der Waals surface area contributed by atoms with Crippen LogP contribution >= 0.6 is 23.7 Å². The quantitative estimate of drug-likeness (QED) is 0.490. The van der Waals surface area contributed by atoms with E-state index in [0.29, 0.717) is 25.0 Å². The number of benzene rings is 1. The van der Waals surface area contributed by atoms with Gasteiger partial charge in [0.25, 0.3) is 0 Å². The highest BCUT2D eigenvalue weighted by Gasteiger charge is 2.29. The van der Waals surface area contributed by atoms with Crippen molar-refractivity contribution in [2.24, 2.45) is 5.92 Å². The molecule has 0 N–H and O–H groups in total. The highest BCUT2D eigenvalue weighted by atomic mass is 35.5. The Bertz CT molecular complexity index is 772. The van der Waals surface area contributed by atoms with Crippen LogP contribution in [-0.4, -0.2) is 42.9 Å². The minimum Gasteiger partial charge on any atom is -0.464 e. The Morgan fingerprint density at radius 1 is 1.15 bits per heavy atom. The minimum atomic E-state index is -0.131. The van der Waals surface area contributed by atoms with E-state index in [1.165, 1.54) is 11.3 Å². The second kappa shape index (κ2) is 10.0. The summed E-state index contributed by atoms with van der Waals surface area (Å²) in [7, 11) is 0. The number of thiophene rings is 1. The molecule has 0 radical (unpaired) electrons. The molecule has 1 aliphatic carbocycles. The Balaban J connectivity index is 0.00000261. The number of nitrogens with zero attached hydrogens (tertiary/aromatic N) is 1. The van der Waals surface area contributed by atoms with Crippen molar-refractivity contribution in [3.63, 3.8) is 0 Å². The molecule has 0 saturated heterocycles. The van der Waals surface area contributed by atoms with E-state index in [4.69, 9.17) is 4.74 Å². The van der Waals surface area contributed by atoms with Gasteiger partial charge in [-0.05, 0) is 54.6 Å². The molecular formula is C21H26ClNO3S. The Hall–Kier alpha value is -1.69. The van der Waals surface area contributed by atoms with E-state index in [1.54, 1.807) is 0 Å². The van der Waals surface area contributed by atoms with Gasteiger partial charge in [-0.15, -0.1) is 23.7 Å². The average Bonchev–Trinajstić information content (AvgIpc) is 3.33. The second-order valence-corrected chi connectivity index (χ2v) is 7.54. The van der Waals surface area contributed by atoms with Crippen LogP contribution in [0.15, 0.2) is 35.7 Å². The van der Waals surface area contributed by atoms with E-state index in [1.807, 2.05) is 35.7 Å². The maximum atomic E-state index is 12.5. The van der Waals surface area contributed by atoms with Gasteiger partial charge in [-0.25, -0.2) is 0 Å². The third-order valence-corrected chi connectivity index (χ3v) is 5.89. The zero-order valence-electron chi connectivity index (χ0n) is 15.8. The number of carbonyl (C=O) groups excluding carboxylic acids is 2. The maximum absolute atomic E-state index is 12.5. The van der Waals surface area contributed by atoms with E-state index in [-0.39, 0.29) is 30.1 Å². The van der Waals surface area contributed by atoms with Crippen molar-refractivity contribution in [2.75, 3.05) is 26.2 Å². The number of rotatable bonds is 8. The molecule has 1 aliphatic rings. The predicted molar refractivity (Wildman–Crippen MR) is 111 cm³/mol. The zero-order chi connectivity index (χ0) is 18.5. The van der Waals surface area contributed by atoms with E-state index in [9.17, 15) is 9.59 Å². The lowest BCUT2D eigenvalue weighted by Gasteiger charge is -2.18. The van der Waals surface area contributed by atoms with Crippen molar-refractivity contribution in [3.05, 3.63) is 57.3 Å². The van der Waals surface area contributed by atoms with Gasteiger partial charge in [0.05, 0.1) is 10.8 Å². The van der Waals surface area contributed by atoms with Gasteiger partial charge in [-0.3, -0.25) is 9.59 Å². The number of carbonyl (C=O) groups is 2. The first kappa shape index (κ1) is 21.6. The first-order valence-corrected chi connectivity index (χ1v) is 10.1. The number of ether oxygens (including phenoxy) is 1. The average molecular weight is 408 g/mol. The molecule has 0 bridgehead atoms. The molecule has 2 aromatic rings. The maximum Gasteiger partial charge on any atom is 0.309 e. The lowest BCUT2D eigenvalue weighted by molar-refractivity contribution is -0.148. The fourth-order valence-corrected chi connectivity index (χ4v) is 4.09. The molecule has 0 saturated carbocycles. The molecule has 1 heterocycles. The summed E-state index contributed by atoms with van der Waals surface area (Å²) in [5.74, 6) is -0.207. The van der Waals surface area contributed by atoms with Gasteiger partial charge in [0.2, 0.25) is 5.78 Å². The SMILES string of the molecule is CCN(CC)CCOC(=O)C1Cc2ccc(C(=O)c3cccs3)cc2C1.Cl. The van der Waals surface area contributed by atoms with Crippen LogP contribution < -0.4 is 0 Å².